The third-order valence-corrected chi connectivity index (χ3v) is 5.84. The SMILES string of the molecule is Cc1cc(Br)cc2c1N(C(=O)c1ccc(CN3C(=O)CCC3=O)cc1)CCC2. The highest BCUT2D eigenvalue weighted by molar-refractivity contribution is 9.10. The standard InChI is InChI=1S/C22H21BrN2O3/c1-14-11-18(23)12-17-3-2-10-24(21(14)17)22(28)16-6-4-15(5-7-16)13-25-19(26)8-9-20(25)27/h4-7,11-12H,2-3,8-10,13H2,1H3. The maximum Gasteiger partial charge on any atom is 0.258 e. The number of imide groups is 1. The topological polar surface area (TPSA) is 57.7 Å². The van der Waals surface area contributed by atoms with E-state index in [-0.39, 0.29) is 24.3 Å². The van der Waals surface area contributed by atoms with Crippen molar-refractivity contribution in [1.29, 1.82) is 0 Å². The van der Waals surface area contributed by atoms with E-state index in [0.717, 1.165) is 34.1 Å². The molecule has 2 aliphatic heterocycles. The summed E-state index contributed by atoms with van der Waals surface area (Å²) in [6.45, 7) is 3.00. The molecule has 4 rings (SSSR count). The normalized spacial score (nSPS) is 16.5. The van der Waals surface area contributed by atoms with E-state index >= 15 is 0 Å². The largest absolute Gasteiger partial charge is 0.308 e. The second kappa shape index (κ2) is 7.51. The van der Waals surface area contributed by atoms with Crippen molar-refractivity contribution in [1.82, 2.24) is 4.90 Å². The number of amides is 3. The number of hydrogen-bond acceptors (Lipinski definition) is 3. The Balaban J connectivity index is 1.55. The van der Waals surface area contributed by atoms with Crippen molar-refractivity contribution in [2.24, 2.45) is 0 Å². The first-order chi connectivity index (χ1) is 13.4. The molecule has 0 spiro atoms. The van der Waals surface area contributed by atoms with Gasteiger partial charge in [0, 0.05) is 29.4 Å². The van der Waals surface area contributed by atoms with Gasteiger partial charge in [-0.1, -0.05) is 28.1 Å². The van der Waals surface area contributed by atoms with Crippen LogP contribution in [0.25, 0.3) is 0 Å². The average molecular weight is 441 g/mol. The fourth-order valence-corrected chi connectivity index (χ4v) is 4.63. The summed E-state index contributed by atoms with van der Waals surface area (Å²) in [5.74, 6) is -0.278. The van der Waals surface area contributed by atoms with E-state index in [2.05, 4.69) is 22.0 Å². The molecule has 0 radical (unpaired) electrons. The molecule has 0 aliphatic carbocycles. The van der Waals surface area contributed by atoms with Gasteiger partial charge < -0.3 is 4.90 Å². The molecular weight excluding hydrogens is 420 g/mol. The van der Waals surface area contributed by atoms with Gasteiger partial charge in [0.1, 0.15) is 0 Å². The molecule has 1 fully saturated rings. The Kier molecular flexibility index (Phi) is 5.06. The lowest BCUT2D eigenvalue weighted by Gasteiger charge is -2.31. The fourth-order valence-electron chi connectivity index (χ4n) is 4.01. The molecule has 1 saturated heterocycles. The molecular formula is C22H21BrN2O3. The van der Waals surface area contributed by atoms with Crippen LogP contribution in [0.15, 0.2) is 40.9 Å². The maximum atomic E-state index is 13.2. The number of carbonyl (C=O) groups excluding carboxylic acids is 3. The highest BCUT2D eigenvalue weighted by Crippen LogP contribution is 2.34. The van der Waals surface area contributed by atoms with Gasteiger partial charge in [0.05, 0.1) is 12.2 Å². The lowest BCUT2D eigenvalue weighted by Crippen LogP contribution is -2.36. The minimum Gasteiger partial charge on any atom is -0.308 e. The highest BCUT2D eigenvalue weighted by atomic mass is 79.9. The van der Waals surface area contributed by atoms with E-state index in [1.54, 1.807) is 12.1 Å². The molecule has 0 atom stereocenters. The van der Waals surface area contributed by atoms with Crippen LogP contribution < -0.4 is 4.90 Å². The van der Waals surface area contributed by atoms with Gasteiger partial charge in [0.25, 0.3) is 5.91 Å². The summed E-state index contributed by atoms with van der Waals surface area (Å²) < 4.78 is 1.04. The van der Waals surface area contributed by atoms with Crippen LogP contribution >= 0.6 is 15.9 Å². The van der Waals surface area contributed by atoms with Crippen LogP contribution in [0.1, 0.15) is 46.3 Å². The Morgan fingerprint density at radius 1 is 1.04 bits per heavy atom. The summed E-state index contributed by atoms with van der Waals surface area (Å²) >= 11 is 3.54. The minimum atomic E-state index is -0.128. The Morgan fingerprint density at radius 2 is 1.71 bits per heavy atom. The Hall–Kier alpha value is -2.47. The molecule has 2 aliphatic rings. The van der Waals surface area contributed by atoms with Gasteiger partial charge in [-0.2, -0.15) is 0 Å². The molecule has 6 heteroatoms. The smallest absolute Gasteiger partial charge is 0.258 e. The van der Waals surface area contributed by atoms with Gasteiger partial charge >= 0.3 is 0 Å². The van der Waals surface area contributed by atoms with E-state index in [4.69, 9.17) is 0 Å². The molecule has 0 N–H and O–H groups in total. The van der Waals surface area contributed by atoms with Crippen molar-refractivity contribution in [3.05, 3.63) is 63.1 Å². The number of aryl methyl sites for hydroxylation is 2. The third-order valence-electron chi connectivity index (χ3n) is 5.38. The maximum absolute atomic E-state index is 13.2. The predicted octanol–water partition coefficient (Wildman–Crippen LogP) is 4.00. The van der Waals surface area contributed by atoms with E-state index in [0.29, 0.717) is 24.9 Å². The van der Waals surface area contributed by atoms with Crippen LogP contribution in [0.5, 0.6) is 0 Å². The molecule has 144 valence electrons. The van der Waals surface area contributed by atoms with Crippen molar-refractivity contribution >= 4 is 39.3 Å². The monoisotopic (exact) mass is 440 g/mol. The van der Waals surface area contributed by atoms with E-state index in [1.165, 1.54) is 10.5 Å². The molecule has 2 heterocycles. The zero-order valence-electron chi connectivity index (χ0n) is 15.7. The summed E-state index contributed by atoms with van der Waals surface area (Å²) in [5.41, 5.74) is 4.74. The second-order valence-electron chi connectivity index (χ2n) is 7.36. The lowest BCUT2D eigenvalue weighted by atomic mass is 9.97. The zero-order chi connectivity index (χ0) is 19.8. The predicted molar refractivity (Wildman–Crippen MR) is 110 cm³/mol. The lowest BCUT2D eigenvalue weighted by molar-refractivity contribution is -0.139. The number of halogens is 1. The Bertz CT molecular complexity index is 952. The number of anilines is 1. The van der Waals surface area contributed by atoms with Crippen LogP contribution in [-0.4, -0.2) is 29.2 Å². The quantitative estimate of drug-likeness (QED) is 0.677. The molecule has 0 saturated carbocycles. The first kappa shape index (κ1) is 18.9. The molecule has 0 unspecified atom stereocenters. The number of nitrogens with zero attached hydrogens (tertiary/aromatic N) is 2. The Morgan fingerprint density at radius 3 is 2.39 bits per heavy atom. The Labute approximate surface area is 172 Å². The molecule has 0 aromatic heterocycles. The number of hydrogen-bond donors (Lipinski definition) is 0. The van der Waals surface area contributed by atoms with Crippen molar-refractivity contribution < 1.29 is 14.4 Å². The summed E-state index contributed by atoms with van der Waals surface area (Å²) in [4.78, 5) is 39.9. The van der Waals surface area contributed by atoms with Crippen LogP contribution in [0.4, 0.5) is 5.69 Å². The highest BCUT2D eigenvalue weighted by Gasteiger charge is 2.29. The molecule has 28 heavy (non-hydrogen) atoms. The average Bonchev–Trinajstić information content (AvgIpc) is 2.99. The van der Waals surface area contributed by atoms with Crippen LogP contribution in [0, 0.1) is 6.92 Å². The van der Waals surface area contributed by atoms with Gasteiger partial charge in [-0.15, -0.1) is 0 Å². The molecule has 5 nitrogen and oxygen atoms in total. The second-order valence-corrected chi connectivity index (χ2v) is 8.28. The van der Waals surface area contributed by atoms with Gasteiger partial charge in [-0.05, 0) is 60.7 Å². The van der Waals surface area contributed by atoms with E-state index < -0.39 is 0 Å². The summed E-state index contributed by atoms with van der Waals surface area (Å²) in [6, 6.07) is 11.3. The summed E-state index contributed by atoms with van der Waals surface area (Å²) in [7, 11) is 0. The number of rotatable bonds is 3. The van der Waals surface area contributed by atoms with Crippen LogP contribution in [0.3, 0.4) is 0 Å². The first-order valence-electron chi connectivity index (χ1n) is 9.47. The van der Waals surface area contributed by atoms with Crippen molar-refractivity contribution in [2.75, 3.05) is 11.4 Å². The van der Waals surface area contributed by atoms with Gasteiger partial charge in [0.15, 0.2) is 0 Å². The first-order valence-corrected chi connectivity index (χ1v) is 10.3. The van der Waals surface area contributed by atoms with Crippen molar-refractivity contribution in [3.63, 3.8) is 0 Å². The molecule has 2 aromatic carbocycles. The van der Waals surface area contributed by atoms with Gasteiger partial charge in [-0.25, -0.2) is 0 Å². The molecule has 0 bridgehead atoms. The number of benzene rings is 2. The number of carbonyl (C=O) groups is 3. The number of likely N-dealkylation sites (tertiary alicyclic amines) is 1. The summed E-state index contributed by atoms with van der Waals surface area (Å²) in [5, 5.41) is 0. The van der Waals surface area contributed by atoms with E-state index in [1.807, 2.05) is 30.0 Å². The zero-order valence-corrected chi connectivity index (χ0v) is 17.3. The summed E-state index contributed by atoms with van der Waals surface area (Å²) in [6.07, 6.45) is 2.49. The van der Waals surface area contributed by atoms with Crippen molar-refractivity contribution in [2.45, 2.75) is 39.2 Å². The van der Waals surface area contributed by atoms with Crippen molar-refractivity contribution in [3.8, 4) is 0 Å². The number of fused-ring (bicyclic) bond motifs is 1. The van der Waals surface area contributed by atoms with E-state index in [9.17, 15) is 14.4 Å². The molecule has 2 aromatic rings. The minimum absolute atomic E-state index is 0.0220. The van der Waals surface area contributed by atoms with Gasteiger partial charge in [0.2, 0.25) is 11.8 Å². The molecule has 3 amide bonds. The van der Waals surface area contributed by atoms with Gasteiger partial charge in [-0.3, -0.25) is 19.3 Å². The van der Waals surface area contributed by atoms with Crippen LogP contribution in [-0.2, 0) is 22.6 Å². The van der Waals surface area contributed by atoms with Crippen LogP contribution in [0.2, 0.25) is 0 Å². The fraction of sp³-hybridized carbons (Fsp3) is 0.318. The third kappa shape index (κ3) is 3.49.